The second-order valence-corrected chi connectivity index (χ2v) is 27.4. The molecule has 0 spiro atoms. The molecule has 0 radical (unpaired) electrons. The zero-order valence-corrected chi connectivity index (χ0v) is 58.1. The molecule has 2 atom stereocenters. The Kier molecular flexibility index (Phi) is 73.8. The van der Waals surface area contributed by atoms with E-state index in [4.69, 9.17) is 4.74 Å². The molecule has 0 rings (SSSR count). The number of rotatable bonds is 75. The standard InChI is InChI=1S/C79H155NO5/c1-3-5-7-9-11-13-15-17-19-44-47-51-55-59-63-67-71-77(82)76(75-81)80-78(83)72-68-64-60-56-52-48-45-41-39-37-35-33-31-29-27-25-23-21-20-22-24-26-28-30-32-34-36-38-40-42-46-50-54-58-62-66-70-74-85-79(84)73-69-65-61-57-53-49-43-18-16-14-12-10-8-6-4-2/h18,43,76-77,81-82H,3-17,19-42,44-75H2,1-2H3,(H,80,83)/b43-18-. The van der Waals surface area contributed by atoms with Crippen LogP contribution in [0.5, 0.6) is 0 Å². The highest BCUT2D eigenvalue weighted by Gasteiger charge is 2.20. The van der Waals surface area contributed by atoms with E-state index in [1.54, 1.807) is 0 Å². The van der Waals surface area contributed by atoms with Crippen molar-refractivity contribution in [2.24, 2.45) is 0 Å². The van der Waals surface area contributed by atoms with Gasteiger partial charge in [-0.3, -0.25) is 9.59 Å². The van der Waals surface area contributed by atoms with Crippen molar-refractivity contribution in [3.8, 4) is 0 Å². The lowest BCUT2D eigenvalue weighted by atomic mass is 10.0. The highest BCUT2D eigenvalue weighted by Crippen LogP contribution is 2.20. The molecule has 0 aromatic carbocycles. The first-order valence-corrected chi connectivity index (χ1v) is 39.4. The number of nitrogens with one attached hydrogen (secondary N) is 1. The van der Waals surface area contributed by atoms with Gasteiger partial charge in [-0.2, -0.15) is 0 Å². The summed E-state index contributed by atoms with van der Waals surface area (Å²) in [5, 5.41) is 23.4. The smallest absolute Gasteiger partial charge is 0.305 e. The number of allylic oxidation sites excluding steroid dienone is 2. The highest BCUT2D eigenvalue weighted by atomic mass is 16.5. The largest absolute Gasteiger partial charge is 0.466 e. The molecule has 2 unspecified atom stereocenters. The van der Waals surface area contributed by atoms with Crippen LogP contribution in [-0.2, 0) is 14.3 Å². The van der Waals surface area contributed by atoms with E-state index in [9.17, 15) is 19.8 Å². The third-order valence-corrected chi connectivity index (χ3v) is 18.8. The molecule has 0 bridgehead atoms. The maximum absolute atomic E-state index is 12.5. The summed E-state index contributed by atoms with van der Waals surface area (Å²) in [6.45, 7) is 4.99. The summed E-state index contributed by atoms with van der Waals surface area (Å²) >= 11 is 0. The Balaban J connectivity index is 3.29. The minimum atomic E-state index is -0.659. The van der Waals surface area contributed by atoms with Gasteiger partial charge in [0.2, 0.25) is 5.91 Å². The van der Waals surface area contributed by atoms with E-state index >= 15 is 0 Å². The first kappa shape index (κ1) is 83.6. The molecule has 6 nitrogen and oxygen atoms in total. The molecule has 0 aromatic rings. The van der Waals surface area contributed by atoms with Crippen molar-refractivity contribution in [3.05, 3.63) is 12.2 Å². The van der Waals surface area contributed by atoms with Gasteiger partial charge in [-0.05, 0) is 51.4 Å². The van der Waals surface area contributed by atoms with Crippen LogP contribution < -0.4 is 5.32 Å². The predicted octanol–water partition coefficient (Wildman–Crippen LogP) is 25.9. The molecule has 3 N–H and O–H groups in total. The number of esters is 1. The van der Waals surface area contributed by atoms with Gasteiger partial charge in [-0.1, -0.05) is 405 Å². The van der Waals surface area contributed by atoms with Crippen LogP contribution in [0, 0.1) is 0 Å². The quantitative estimate of drug-likeness (QED) is 0.0320. The molecule has 0 aliphatic heterocycles. The number of amides is 1. The molecule has 0 aliphatic carbocycles. The number of hydrogen-bond donors (Lipinski definition) is 3. The fourth-order valence-corrected chi connectivity index (χ4v) is 12.8. The molecule has 0 fully saturated rings. The van der Waals surface area contributed by atoms with E-state index in [2.05, 4.69) is 31.3 Å². The van der Waals surface area contributed by atoms with Gasteiger partial charge < -0.3 is 20.3 Å². The van der Waals surface area contributed by atoms with E-state index < -0.39 is 12.1 Å². The number of carbonyl (C=O) groups excluding carboxylic acids is 2. The third-order valence-electron chi connectivity index (χ3n) is 18.8. The fraction of sp³-hybridized carbons (Fsp3) is 0.949. The van der Waals surface area contributed by atoms with Crippen LogP contribution in [0.1, 0.15) is 457 Å². The maximum Gasteiger partial charge on any atom is 0.305 e. The zero-order chi connectivity index (χ0) is 61.3. The van der Waals surface area contributed by atoms with Crippen LogP contribution >= 0.6 is 0 Å². The predicted molar refractivity (Wildman–Crippen MR) is 375 cm³/mol. The van der Waals surface area contributed by atoms with Gasteiger partial charge in [0.1, 0.15) is 0 Å². The van der Waals surface area contributed by atoms with E-state index in [1.807, 2.05) is 0 Å². The summed E-state index contributed by atoms with van der Waals surface area (Å²) in [5.74, 6) is -0.00848. The zero-order valence-electron chi connectivity index (χ0n) is 58.1. The molecule has 0 aromatic heterocycles. The number of carbonyl (C=O) groups is 2. The van der Waals surface area contributed by atoms with E-state index in [0.29, 0.717) is 25.9 Å². The number of aliphatic hydroxyl groups is 2. The number of unbranched alkanes of at least 4 members (excludes halogenated alkanes) is 62. The molecule has 85 heavy (non-hydrogen) atoms. The monoisotopic (exact) mass is 1200 g/mol. The second kappa shape index (κ2) is 75.1. The van der Waals surface area contributed by atoms with E-state index in [1.165, 1.54) is 379 Å². The molecule has 0 aliphatic rings. The third kappa shape index (κ3) is 71.6. The van der Waals surface area contributed by atoms with Gasteiger partial charge in [0.15, 0.2) is 0 Å². The van der Waals surface area contributed by atoms with Crippen LogP contribution in [0.2, 0.25) is 0 Å². The molecule has 0 heterocycles. The van der Waals surface area contributed by atoms with Gasteiger partial charge in [-0.15, -0.1) is 0 Å². The highest BCUT2D eigenvalue weighted by molar-refractivity contribution is 5.76. The minimum Gasteiger partial charge on any atom is -0.466 e. The topological polar surface area (TPSA) is 95.9 Å². The van der Waals surface area contributed by atoms with Crippen molar-refractivity contribution in [2.75, 3.05) is 13.2 Å². The van der Waals surface area contributed by atoms with Crippen molar-refractivity contribution < 1.29 is 24.5 Å². The summed E-state index contributed by atoms with van der Waals surface area (Å²) in [6, 6.07) is -0.536. The summed E-state index contributed by atoms with van der Waals surface area (Å²) in [5.41, 5.74) is 0. The van der Waals surface area contributed by atoms with Crippen molar-refractivity contribution in [3.63, 3.8) is 0 Å². The van der Waals surface area contributed by atoms with Gasteiger partial charge in [-0.25, -0.2) is 0 Å². The lowest BCUT2D eigenvalue weighted by molar-refractivity contribution is -0.143. The summed E-state index contributed by atoms with van der Waals surface area (Å²) in [6.07, 6.45) is 94.6. The Morgan fingerprint density at radius 2 is 0.553 bits per heavy atom. The fourth-order valence-electron chi connectivity index (χ4n) is 12.8. The van der Waals surface area contributed by atoms with Crippen LogP contribution in [0.25, 0.3) is 0 Å². The van der Waals surface area contributed by atoms with Crippen LogP contribution in [0.15, 0.2) is 12.2 Å². The second-order valence-electron chi connectivity index (χ2n) is 27.4. The van der Waals surface area contributed by atoms with Gasteiger partial charge in [0.05, 0.1) is 25.4 Å². The Labute approximate surface area is 533 Å². The van der Waals surface area contributed by atoms with Gasteiger partial charge in [0.25, 0.3) is 0 Å². The Morgan fingerprint density at radius 1 is 0.318 bits per heavy atom. The van der Waals surface area contributed by atoms with Gasteiger partial charge >= 0.3 is 5.97 Å². The van der Waals surface area contributed by atoms with E-state index in [-0.39, 0.29) is 18.5 Å². The van der Waals surface area contributed by atoms with Crippen LogP contribution in [0.4, 0.5) is 0 Å². The van der Waals surface area contributed by atoms with E-state index in [0.717, 1.165) is 44.9 Å². The first-order valence-electron chi connectivity index (χ1n) is 39.4. The normalized spacial score (nSPS) is 12.5. The Bertz CT molecular complexity index is 1290. The molecule has 0 saturated heterocycles. The molecular formula is C79H155NO5. The van der Waals surface area contributed by atoms with Crippen LogP contribution in [0.3, 0.4) is 0 Å². The van der Waals surface area contributed by atoms with Crippen LogP contribution in [-0.4, -0.2) is 47.4 Å². The summed E-state index contributed by atoms with van der Waals surface area (Å²) < 4.78 is 5.50. The number of hydrogen-bond acceptors (Lipinski definition) is 5. The van der Waals surface area contributed by atoms with Crippen molar-refractivity contribution in [2.45, 2.75) is 469 Å². The maximum atomic E-state index is 12.5. The minimum absolute atomic E-state index is 0.0165. The lowest BCUT2D eigenvalue weighted by Gasteiger charge is -2.22. The van der Waals surface area contributed by atoms with Gasteiger partial charge in [0, 0.05) is 12.8 Å². The molecule has 506 valence electrons. The molecule has 6 heteroatoms. The van der Waals surface area contributed by atoms with Crippen molar-refractivity contribution in [1.29, 1.82) is 0 Å². The number of aliphatic hydroxyl groups excluding tert-OH is 2. The summed E-state index contributed by atoms with van der Waals surface area (Å²) in [7, 11) is 0. The summed E-state index contributed by atoms with van der Waals surface area (Å²) in [4.78, 5) is 24.6. The number of ether oxygens (including phenoxy) is 1. The molecule has 0 saturated carbocycles. The lowest BCUT2D eigenvalue weighted by Crippen LogP contribution is -2.45. The average molecular weight is 1200 g/mol. The Hall–Kier alpha value is -1.40. The van der Waals surface area contributed by atoms with Crippen molar-refractivity contribution in [1.82, 2.24) is 5.32 Å². The Morgan fingerprint density at radius 3 is 0.835 bits per heavy atom. The SMILES string of the molecule is CCCCCCCC/C=C\CCCCCCCC(=O)OCCCCCCCCCCCCCCCCCCCCCCCCCCCCCCCCCCCCCCCC(=O)NC(CO)C(O)CCCCCCCCCCCCCCCCCC. The first-order chi connectivity index (χ1) is 42.0. The van der Waals surface area contributed by atoms with Crippen molar-refractivity contribution >= 4 is 11.9 Å². The molecule has 1 amide bonds. The average Bonchev–Trinajstić information content (AvgIpc) is 3.51. The molecular weight excluding hydrogens is 1040 g/mol.